The number of sulfone groups is 1. The van der Waals surface area contributed by atoms with Gasteiger partial charge in [0.2, 0.25) is 5.13 Å². The summed E-state index contributed by atoms with van der Waals surface area (Å²) in [5, 5.41) is 16.2. The van der Waals surface area contributed by atoms with Crippen LogP contribution in [-0.2, 0) is 9.84 Å². The number of nitrogens with zero attached hydrogens (tertiary/aromatic N) is 3. The van der Waals surface area contributed by atoms with Crippen LogP contribution in [0.4, 0.5) is 5.13 Å². The molecule has 0 saturated heterocycles. The summed E-state index contributed by atoms with van der Waals surface area (Å²) >= 11 is 1.32. The van der Waals surface area contributed by atoms with Crippen molar-refractivity contribution in [3.63, 3.8) is 0 Å². The molecule has 1 atom stereocenters. The first-order valence-corrected chi connectivity index (χ1v) is 8.83. The maximum Gasteiger partial charge on any atom is 0.206 e. The molecule has 20 heavy (non-hydrogen) atoms. The first-order valence-electron chi connectivity index (χ1n) is 6.13. The summed E-state index contributed by atoms with van der Waals surface area (Å²) in [5.41, 5.74) is 0.618. The van der Waals surface area contributed by atoms with Crippen LogP contribution in [0.15, 0.2) is 16.9 Å². The third-order valence-electron chi connectivity index (χ3n) is 3.69. The van der Waals surface area contributed by atoms with Gasteiger partial charge in [-0.3, -0.25) is 0 Å². The summed E-state index contributed by atoms with van der Waals surface area (Å²) in [6.07, 6.45) is 4.14. The van der Waals surface area contributed by atoms with Crippen LogP contribution in [0.5, 0.6) is 0 Å². The van der Waals surface area contributed by atoms with Gasteiger partial charge in [-0.2, -0.15) is 0 Å². The highest BCUT2D eigenvalue weighted by molar-refractivity contribution is 7.92. The maximum atomic E-state index is 11.8. The van der Waals surface area contributed by atoms with Crippen molar-refractivity contribution in [3.05, 3.63) is 12.3 Å². The molecule has 0 aliphatic heterocycles. The lowest BCUT2D eigenvalue weighted by molar-refractivity contribution is 0.422. The van der Waals surface area contributed by atoms with E-state index < -0.39 is 14.6 Å². The number of anilines is 1. The number of hydrogen-bond donors (Lipinski definition) is 1. The molecule has 1 aliphatic rings. The second-order valence-electron chi connectivity index (χ2n) is 5.00. The van der Waals surface area contributed by atoms with Crippen LogP contribution in [0.25, 0.3) is 10.7 Å². The molecule has 3 rings (SSSR count). The minimum Gasteiger partial charge on any atom is -0.364 e. The van der Waals surface area contributed by atoms with Crippen LogP contribution in [0.1, 0.15) is 19.8 Å². The first kappa shape index (κ1) is 13.5. The van der Waals surface area contributed by atoms with Gasteiger partial charge in [0.25, 0.3) is 0 Å². The van der Waals surface area contributed by atoms with E-state index in [0.717, 1.165) is 0 Å². The summed E-state index contributed by atoms with van der Waals surface area (Å²) in [4.78, 5) is 0. The number of nitrogens with one attached hydrogen (secondary N) is 1. The Balaban J connectivity index is 1.76. The topological polar surface area (TPSA) is 98.0 Å². The molecule has 0 amide bonds. The lowest BCUT2D eigenvalue weighted by Crippen LogP contribution is -2.39. The molecule has 0 bridgehead atoms. The van der Waals surface area contributed by atoms with E-state index >= 15 is 0 Å². The van der Waals surface area contributed by atoms with Crippen LogP contribution in [0.2, 0.25) is 0 Å². The van der Waals surface area contributed by atoms with Crippen molar-refractivity contribution in [2.24, 2.45) is 0 Å². The Kier molecular flexibility index (Phi) is 3.05. The van der Waals surface area contributed by atoms with Gasteiger partial charge in [0.05, 0.1) is 4.75 Å². The van der Waals surface area contributed by atoms with E-state index in [1.165, 1.54) is 23.9 Å². The Bertz CT molecular complexity index is 704. The van der Waals surface area contributed by atoms with Crippen LogP contribution in [0, 0.1) is 0 Å². The Morgan fingerprint density at radius 2 is 2.20 bits per heavy atom. The Morgan fingerprint density at radius 3 is 2.75 bits per heavy atom. The van der Waals surface area contributed by atoms with Crippen LogP contribution in [0.3, 0.4) is 0 Å². The molecular formula is C11H14N4O3S2. The fraction of sp³-hybridized carbons (Fsp3) is 0.545. The van der Waals surface area contributed by atoms with E-state index in [-0.39, 0.29) is 6.04 Å². The SMILES string of the molecule is C[C@H](Nc1nnc(-c2ccon2)s1)C1(S(C)(=O)=O)CC1. The van der Waals surface area contributed by atoms with Gasteiger partial charge in [-0.15, -0.1) is 10.2 Å². The van der Waals surface area contributed by atoms with Gasteiger partial charge in [-0.05, 0) is 19.8 Å². The summed E-state index contributed by atoms with van der Waals surface area (Å²) in [7, 11) is -3.08. The van der Waals surface area contributed by atoms with E-state index in [9.17, 15) is 8.42 Å². The highest BCUT2D eigenvalue weighted by Gasteiger charge is 2.56. The van der Waals surface area contributed by atoms with Crippen molar-refractivity contribution in [1.29, 1.82) is 0 Å². The van der Waals surface area contributed by atoms with Gasteiger partial charge in [0, 0.05) is 18.4 Å². The third kappa shape index (κ3) is 2.20. The summed E-state index contributed by atoms with van der Waals surface area (Å²) in [5.74, 6) is 0. The summed E-state index contributed by atoms with van der Waals surface area (Å²) < 4.78 is 27.8. The average molecular weight is 314 g/mol. The Morgan fingerprint density at radius 1 is 1.45 bits per heavy atom. The summed E-state index contributed by atoms with van der Waals surface area (Å²) in [6.45, 7) is 1.87. The van der Waals surface area contributed by atoms with E-state index in [1.807, 2.05) is 6.92 Å². The fourth-order valence-electron chi connectivity index (χ4n) is 2.27. The molecule has 0 radical (unpaired) electrons. The fourth-order valence-corrected chi connectivity index (χ4v) is 4.61. The Labute approximate surface area is 120 Å². The normalized spacial score (nSPS) is 18.7. The van der Waals surface area contributed by atoms with E-state index in [4.69, 9.17) is 4.52 Å². The Hall–Kier alpha value is -1.48. The van der Waals surface area contributed by atoms with Crippen molar-refractivity contribution in [2.75, 3.05) is 11.6 Å². The molecular weight excluding hydrogens is 300 g/mol. The zero-order chi connectivity index (χ0) is 14.4. The van der Waals surface area contributed by atoms with Crippen molar-refractivity contribution >= 4 is 26.3 Å². The minimum absolute atomic E-state index is 0.199. The van der Waals surface area contributed by atoms with Gasteiger partial charge in [0.1, 0.15) is 12.0 Å². The third-order valence-corrected chi connectivity index (χ3v) is 6.81. The van der Waals surface area contributed by atoms with Gasteiger partial charge in [0.15, 0.2) is 14.8 Å². The average Bonchev–Trinajstić information content (AvgIpc) is 2.83. The zero-order valence-electron chi connectivity index (χ0n) is 11.0. The first-order chi connectivity index (χ1) is 9.42. The minimum atomic E-state index is -3.08. The molecule has 2 aromatic rings. The molecule has 7 nitrogen and oxygen atoms in total. The highest BCUT2D eigenvalue weighted by atomic mass is 32.2. The molecule has 1 saturated carbocycles. The van der Waals surface area contributed by atoms with Gasteiger partial charge in [-0.1, -0.05) is 16.5 Å². The molecule has 0 unspecified atom stereocenters. The molecule has 2 aromatic heterocycles. The number of hydrogen-bond acceptors (Lipinski definition) is 8. The molecule has 0 aromatic carbocycles. The van der Waals surface area contributed by atoms with Gasteiger partial charge in [-0.25, -0.2) is 8.42 Å². The van der Waals surface area contributed by atoms with Crippen molar-refractivity contribution < 1.29 is 12.9 Å². The summed E-state index contributed by atoms with van der Waals surface area (Å²) in [6, 6.07) is 1.50. The lowest BCUT2D eigenvalue weighted by Gasteiger charge is -2.22. The highest BCUT2D eigenvalue weighted by Crippen LogP contribution is 2.47. The van der Waals surface area contributed by atoms with Crippen LogP contribution < -0.4 is 5.32 Å². The van der Waals surface area contributed by atoms with E-state index in [1.54, 1.807) is 6.07 Å². The second-order valence-corrected chi connectivity index (χ2v) is 8.33. The lowest BCUT2D eigenvalue weighted by atomic mass is 10.2. The van der Waals surface area contributed by atoms with Crippen molar-refractivity contribution in [3.8, 4) is 10.7 Å². The largest absolute Gasteiger partial charge is 0.364 e. The molecule has 1 N–H and O–H groups in total. The molecule has 1 fully saturated rings. The predicted octanol–water partition coefficient (Wildman–Crippen LogP) is 1.57. The maximum absolute atomic E-state index is 11.8. The van der Waals surface area contributed by atoms with Crippen LogP contribution in [-0.4, -0.2) is 40.8 Å². The number of rotatable bonds is 5. The second kappa shape index (κ2) is 4.52. The van der Waals surface area contributed by atoms with Crippen LogP contribution >= 0.6 is 11.3 Å². The zero-order valence-corrected chi connectivity index (χ0v) is 12.7. The van der Waals surface area contributed by atoms with Gasteiger partial charge < -0.3 is 9.84 Å². The number of aromatic nitrogens is 3. The predicted molar refractivity (Wildman–Crippen MR) is 75.3 cm³/mol. The van der Waals surface area contributed by atoms with Crippen molar-refractivity contribution in [2.45, 2.75) is 30.6 Å². The molecule has 9 heteroatoms. The smallest absolute Gasteiger partial charge is 0.206 e. The van der Waals surface area contributed by atoms with E-state index in [0.29, 0.717) is 28.7 Å². The monoisotopic (exact) mass is 314 g/mol. The molecule has 0 spiro atoms. The van der Waals surface area contributed by atoms with Gasteiger partial charge >= 0.3 is 0 Å². The molecule has 2 heterocycles. The van der Waals surface area contributed by atoms with E-state index in [2.05, 4.69) is 20.7 Å². The van der Waals surface area contributed by atoms with Crippen molar-refractivity contribution in [1.82, 2.24) is 15.4 Å². The quantitative estimate of drug-likeness (QED) is 0.894. The molecule has 108 valence electrons. The molecule has 1 aliphatic carbocycles. The standard InChI is InChI=1S/C11H14N4O3S2/c1-7(11(4-5-11)20(2,16)17)12-10-14-13-9(19-10)8-3-6-18-15-8/h3,6-7H,4-5H2,1-2H3,(H,12,14)/t7-/m0/s1.